The van der Waals surface area contributed by atoms with Gasteiger partial charge >= 0.3 is 0 Å². The van der Waals surface area contributed by atoms with Crippen LogP contribution in [0.25, 0.3) is 0 Å². The zero-order valence-corrected chi connectivity index (χ0v) is 11.9. The lowest BCUT2D eigenvalue weighted by Crippen LogP contribution is -2.14. The number of carbonyl (C=O) groups excluding carboxylic acids is 1. The Morgan fingerprint density at radius 3 is 2.75 bits per heavy atom. The zero-order valence-electron chi connectivity index (χ0n) is 11.1. The van der Waals surface area contributed by atoms with E-state index in [4.69, 9.17) is 5.73 Å². The molecule has 0 fully saturated rings. The van der Waals surface area contributed by atoms with Gasteiger partial charge < -0.3 is 10.6 Å². The van der Waals surface area contributed by atoms with Gasteiger partial charge in [0.25, 0.3) is 0 Å². The van der Waals surface area contributed by atoms with E-state index in [1.807, 2.05) is 4.57 Å². The lowest BCUT2D eigenvalue weighted by Gasteiger charge is -2.15. The largest absolute Gasteiger partial charge is 0.369 e. The Kier molecular flexibility index (Phi) is 3.35. The van der Waals surface area contributed by atoms with Crippen molar-refractivity contribution in [1.29, 1.82) is 0 Å². The number of primary amides is 1. The van der Waals surface area contributed by atoms with Gasteiger partial charge in [-0.05, 0) is 19.1 Å². The van der Waals surface area contributed by atoms with Crippen LogP contribution in [0.15, 0.2) is 29.4 Å². The molecule has 0 saturated carbocycles. The Morgan fingerprint density at radius 1 is 1.30 bits per heavy atom. The number of benzene rings is 1. The van der Waals surface area contributed by atoms with Crippen LogP contribution in [-0.2, 0) is 11.3 Å². The number of nitrogens with zero attached hydrogens (tertiary/aromatic N) is 4. The fourth-order valence-electron chi connectivity index (χ4n) is 2.19. The molecule has 20 heavy (non-hydrogen) atoms. The van der Waals surface area contributed by atoms with Crippen molar-refractivity contribution in [3.63, 3.8) is 0 Å². The standard InChI is InChI=1S/C13H15N5OS/c1-9-2-4-10(5-3-9)17-6-7-18-12(17)15-16-13(18)20-8-11(14)19/h2-5H,6-8H2,1H3,(H2,14,19). The lowest BCUT2D eigenvalue weighted by atomic mass is 10.2. The molecule has 1 amide bonds. The molecule has 0 bridgehead atoms. The molecule has 2 aromatic rings. The Morgan fingerprint density at radius 2 is 2.05 bits per heavy atom. The molecule has 0 saturated heterocycles. The minimum Gasteiger partial charge on any atom is -0.369 e. The highest BCUT2D eigenvalue weighted by Crippen LogP contribution is 2.31. The molecule has 1 aliphatic rings. The molecular weight excluding hydrogens is 274 g/mol. The third kappa shape index (κ3) is 2.36. The van der Waals surface area contributed by atoms with Crippen LogP contribution in [-0.4, -0.2) is 33.0 Å². The van der Waals surface area contributed by atoms with Crippen LogP contribution in [0.3, 0.4) is 0 Å². The molecule has 2 heterocycles. The number of thioether (sulfide) groups is 1. The Hall–Kier alpha value is -2.02. The van der Waals surface area contributed by atoms with Gasteiger partial charge in [0.1, 0.15) is 0 Å². The van der Waals surface area contributed by atoms with Gasteiger partial charge in [0.05, 0.1) is 5.75 Å². The number of fused-ring (bicyclic) bond motifs is 1. The van der Waals surface area contributed by atoms with E-state index in [-0.39, 0.29) is 11.7 Å². The predicted octanol–water partition coefficient (Wildman–Crippen LogP) is 1.32. The normalized spacial score (nSPS) is 13.6. The molecule has 2 N–H and O–H groups in total. The van der Waals surface area contributed by atoms with Gasteiger partial charge in [0.15, 0.2) is 5.16 Å². The molecule has 0 spiro atoms. The Bertz CT molecular complexity index is 637. The fraction of sp³-hybridized carbons (Fsp3) is 0.308. The molecule has 3 rings (SSSR count). The summed E-state index contributed by atoms with van der Waals surface area (Å²) in [5.74, 6) is 0.699. The average Bonchev–Trinajstić information content (AvgIpc) is 2.99. The van der Waals surface area contributed by atoms with E-state index < -0.39 is 0 Å². The van der Waals surface area contributed by atoms with E-state index in [0.29, 0.717) is 0 Å². The van der Waals surface area contributed by atoms with Crippen LogP contribution < -0.4 is 10.6 Å². The number of anilines is 2. The number of hydrogen-bond donors (Lipinski definition) is 1. The van der Waals surface area contributed by atoms with Crippen LogP contribution in [0.2, 0.25) is 0 Å². The quantitative estimate of drug-likeness (QED) is 0.859. The number of rotatable bonds is 4. The molecule has 0 atom stereocenters. The molecule has 1 aromatic heterocycles. The number of amides is 1. The van der Waals surface area contributed by atoms with Gasteiger partial charge in [0, 0.05) is 18.8 Å². The summed E-state index contributed by atoms with van der Waals surface area (Å²) in [6.07, 6.45) is 0. The highest BCUT2D eigenvalue weighted by Gasteiger charge is 2.26. The molecule has 6 nitrogen and oxygen atoms in total. The first kappa shape index (κ1) is 13.0. The van der Waals surface area contributed by atoms with Gasteiger partial charge in [-0.15, -0.1) is 10.2 Å². The van der Waals surface area contributed by atoms with E-state index >= 15 is 0 Å². The first-order valence-electron chi connectivity index (χ1n) is 6.33. The van der Waals surface area contributed by atoms with Crippen LogP contribution in [0.5, 0.6) is 0 Å². The molecule has 1 aliphatic heterocycles. The third-order valence-corrected chi connectivity index (χ3v) is 4.16. The summed E-state index contributed by atoms with van der Waals surface area (Å²) in [5.41, 5.74) is 7.49. The highest BCUT2D eigenvalue weighted by molar-refractivity contribution is 7.99. The summed E-state index contributed by atoms with van der Waals surface area (Å²) in [4.78, 5) is 13.0. The van der Waals surface area contributed by atoms with Crippen molar-refractivity contribution < 1.29 is 4.79 Å². The zero-order chi connectivity index (χ0) is 14.1. The van der Waals surface area contributed by atoms with Gasteiger partial charge in [-0.3, -0.25) is 9.36 Å². The third-order valence-electron chi connectivity index (χ3n) is 3.18. The van der Waals surface area contributed by atoms with Crippen molar-refractivity contribution in [2.24, 2.45) is 5.73 Å². The second kappa shape index (κ2) is 5.16. The summed E-state index contributed by atoms with van der Waals surface area (Å²) in [5, 5.41) is 9.09. The monoisotopic (exact) mass is 289 g/mol. The van der Waals surface area contributed by atoms with Gasteiger partial charge in [0.2, 0.25) is 11.9 Å². The topological polar surface area (TPSA) is 77.0 Å². The Labute approximate surface area is 121 Å². The van der Waals surface area contributed by atoms with Gasteiger partial charge in [-0.2, -0.15) is 0 Å². The highest BCUT2D eigenvalue weighted by atomic mass is 32.2. The summed E-state index contributed by atoms with van der Waals surface area (Å²) < 4.78 is 2.02. The number of nitrogens with two attached hydrogens (primary N) is 1. The van der Waals surface area contributed by atoms with Crippen molar-refractivity contribution in [2.75, 3.05) is 17.2 Å². The summed E-state index contributed by atoms with van der Waals surface area (Å²) in [7, 11) is 0. The number of aryl methyl sites for hydroxylation is 1. The first-order valence-corrected chi connectivity index (χ1v) is 7.32. The maximum Gasteiger partial charge on any atom is 0.232 e. The van der Waals surface area contributed by atoms with Crippen molar-refractivity contribution in [1.82, 2.24) is 14.8 Å². The van der Waals surface area contributed by atoms with E-state index in [2.05, 4.69) is 46.3 Å². The minimum absolute atomic E-state index is 0.225. The van der Waals surface area contributed by atoms with Crippen molar-refractivity contribution in [3.8, 4) is 0 Å². The maximum atomic E-state index is 10.8. The minimum atomic E-state index is -0.347. The maximum absolute atomic E-state index is 10.8. The second-order valence-corrected chi connectivity index (χ2v) is 5.62. The van der Waals surface area contributed by atoms with Gasteiger partial charge in [-0.1, -0.05) is 29.5 Å². The SMILES string of the molecule is Cc1ccc(N2CCn3c(SCC(N)=O)nnc32)cc1. The smallest absolute Gasteiger partial charge is 0.232 e. The van der Waals surface area contributed by atoms with E-state index in [1.54, 1.807) is 0 Å². The molecule has 104 valence electrons. The van der Waals surface area contributed by atoms with Gasteiger partial charge in [-0.25, -0.2) is 0 Å². The second-order valence-electron chi connectivity index (χ2n) is 4.68. The van der Waals surface area contributed by atoms with Crippen LogP contribution >= 0.6 is 11.8 Å². The van der Waals surface area contributed by atoms with Crippen LogP contribution in [0, 0.1) is 6.92 Å². The molecule has 1 aromatic carbocycles. The number of aromatic nitrogens is 3. The molecule has 0 radical (unpaired) electrons. The van der Waals surface area contributed by atoms with E-state index in [9.17, 15) is 4.79 Å². The van der Waals surface area contributed by atoms with Crippen molar-refractivity contribution in [2.45, 2.75) is 18.6 Å². The molecule has 0 unspecified atom stereocenters. The molecule has 0 aliphatic carbocycles. The average molecular weight is 289 g/mol. The summed E-state index contributed by atoms with van der Waals surface area (Å²) in [6, 6.07) is 8.32. The Balaban J connectivity index is 1.84. The summed E-state index contributed by atoms with van der Waals surface area (Å²) >= 11 is 1.33. The fourth-order valence-corrected chi connectivity index (χ4v) is 2.89. The first-order chi connectivity index (χ1) is 9.65. The van der Waals surface area contributed by atoms with Crippen LogP contribution in [0.4, 0.5) is 11.6 Å². The number of carbonyl (C=O) groups is 1. The lowest BCUT2D eigenvalue weighted by molar-refractivity contribution is -0.115. The van der Waals surface area contributed by atoms with E-state index in [0.717, 1.165) is 29.9 Å². The molecule has 7 heteroatoms. The molecular formula is C13H15N5OS. The van der Waals surface area contributed by atoms with E-state index in [1.165, 1.54) is 17.3 Å². The predicted molar refractivity (Wildman–Crippen MR) is 78.1 cm³/mol. The number of hydrogen-bond acceptors (Lipinski definition) is 5. The van der Waals surface area contributed by atoms with Crippen molar-refractivity contribution in [3.05, 3.63) is 29.8 Å². The summed E-state index contributed by atoms with van der Waals surface area (Å²) in [6.45, 7) is 3.74. The van der Waals surface area contributed by atoms with Crippen LogP contribution in [0.1, 0.15) is 5.56 Å². The van der Waals surface area contributed by atoms with Crippen molar-refractivity contribution >= 4 is 29.3 Å².